The summed E-state index contributed by atoms with van der Waals surface area (Å²) < 4.78 is 60.3. The first-order valence-electron chi connectivity index (χ1n) is 1.77. The van der Waals surface area contributed by atoms with Gasteiger partial charge in [-0.1, -0.05) is 0 Å². The maximum Gasteiger partial charge on any atom is 0.415 e. The summed E-state index contributed by atoms with van der Waals surface area (Å²) in [6.07, 6.45) is 0. The molecule has 11 heavy (non-hydrogen) atoms. The SMILES string of the molecule is O=S(=O)(O)ONOS(=O)(=O)O. The topological polar surface area (TPSA) is 139 Å². The molecule has 0 aromatic carbocycles. The smallest absolute Gasteiger partial charge is 0.262 e. The van der Waals surface area contributed by atoms with Crippen molar-refractivity contribution in [2.75, 3.05) is 0 Å². The molecule has 0 rings (SSSR count). The van der Waals surface area contributed by atoms with Gasteiger partial charge in [-0.15, -0.1) is 8.57 Å². The van der Waals surface area contributed by atoms with E-state index in [9.17, 15) is 16.8 Å². The van der Waals surface area contributed by atoms with Gasteiger partial charge < -0.3 is 0 Å². The molecule has 0 saturated heterocycles. The molecule has 0 aromatic heterocycles. The van der Waals surface area contributed by atoms with E-state index in [2.05, 4.69) is 8.57 Å². The lowest BCUT2D eigenvalue weighted by Crippen LogP contribution is -2.23. The molecule has 0 radical (unpaired) electrons. The van der Waals surface area contributed by atoms with E-state index in [0.29, 0.717) is 0 Å². The van der Waals surface area contributed by atoms with Crippen LogP contribution in [0.15, 0.2) is 0 Å². The van der Waals surface area contributed by atoms with E-state index in [1.807, 2.05) is 0 Å². The molecule has 0 amide bonds. The molecule has 68 valence electrons. The first-order valence-corrected chi connectivity index (χ1v) is 4.50. The van der Waals surface area contributed by atoms with Gasteiger partial charge in [-0.2, -0.15) is 16.8 Å². The monoisotopic (exact) mass is 209 g/mol. The molecule has 0 fully saturated rings. The lowest BCUT2D eigenvalue weighted by atomic mass is 13.3. The molecule has 0 aliphatic heterocycles. The fraction of sp³-hybridized carbons (Fsp3) is 0. The summed E-state index contributed by atoms with van der Waals surface area (Å²) in [4.78, 5) is 0. The summed E-state index contributed by atoms with van der Waals surface area (Å²) in [5, 5.41) is 0. The molecule has 0 aliphatic carbocycles. The summed E-state index contributed by atoms with van der Waals surface area (Å²) in [7, 11) is -9.72. The van der Waals surface area contributed by atoms with Gasteiger partial charge in [-0.05, 0) is 5.64 Å². The van der Waals surface area contributed by atoms with Crippen LogP contribution in [0, 0.1) is 0 Å². The number of nitrogens with one attached hydrogen (secondary N) is 1. The Balaban J connectivity index is 3.79. The average molecular weight is 209 g/mol. The molecule has 0 saturated carbocycles. The van der Waals surface area contributed by atoms with Crippen molar-refractivity contribution in [2.45, 2.75) is 0 Å². The van der Waals surface area contributed by atoms with Crippen LogP contribution in [0.25, 0.3) is 0 Å². The van der Waals surface area contributed by atoms with Crippen LogP contribution in [-0.4, -0.2) is 25.9 Å². The van der Waals surface area contributed by atoms with Gasteiger partial charge in [0, 0.05) is 0 Å². The fourth-order valence-electron chi connectivity index (χ4n) is 0.0999. The van der Waals surface area contributed by atoms with Crippen molar-refractivity contribution in [2.24, 2.45) is 0 Å². The third-order valence-electron chi connectivity index (χ3n) is 0.279. The van der Waals surface area contributed by atoms with E-state index in [4.69, 9.17) is 9.11 Å². The van der Waals surface area contributed by atoms with Crippen molar-refractivity contribution in [1.82, 2.24) is 5.64 Å². The Morgan fingerprint density at radius 1 is 0.909 bits per heavy atom. The van der Waals surface area contributed by atoms with Crippen molar-refractivity contribution in [1.29, 1.82) is 0 Å². The molecule has 0 aromatic rings. The standard InChI is InChI=1S/H3NO8S2/c2-10(3,4)8-1-9-11(5,6)7/h1H,(H,2,3,4)(H,5,6,7). The van der Waals surface area contributed by atoms with Crippen LogP contribution >= 0.6 is 0 Å². The zero-order valence-electron chi connectivity index (χ0n) is 4.66. The Morgan fingerprint density at radius 2 is 1.18 bits per heavy atom. The first-order chi connectivity index (χ1) is 4.71. The molecule has 0 atom stereocenters. The van der Waals surface area contributed by atoms with Gasteiger partial charge in [-0.3, -0.25) is 9.11 Å². The average Bonchev–Trinajstić information content (AvgIpc) is 1.55. The predicted molar refractivity (Wildman–Crippen MR) is 28.4 cm³/mol. The summed E-state index contributed by atoms with van der Waals surface area (Å²) in [5.74, 6) is 0. The maximum absolute atomic E-state index is 9.63. The van der Waals surface area contributed by atoms with E-state index >= 15 is 0 Å². The minimum absolute atomic E-state index is 0.789. The van der Waals surface area contributed by atoms with Crippen molar-refractivity contribution in [3.8, 4) is 0 Å². The van der Waals surface area contributed by atoms with Crippen molar-refractivity contribution < 1.29 is 34.5 Å². The Kier molecular flexibility index (Phi) is 3.30. The molecular formula is H3NO8S2. The highest BCUT2D eigenvalue weighted by Gasteiger charge is 2.08. The van der Waals surface area contributed by atoms with E-state index in [1.165, 1.54) is 0 Å². The predicted octanol–water partition coefficient (Wildman–Crippen LogP) is -1.96. The Hall–Kier alpha value is -0.300. The van der Waals surface area contributed by atoms with Crippen LogP contribution in [0.4, 0.5) is 0 Å². The molecule has 11 heteroatoms. The van der Waals surface area contributed by atoms with E-state index in [1.54, 1.807) is 0 Å². The van der Waals surface area contributed by atoms with Gasteiger partial charge in [0.15, 0.2) is 0 Å². The molecule has 0 bridgehead atoms. The van der Waals surface area contributed by atoms with Gasteiger partial charge in [0.1, 0.15) is 0 Å². The minimum Gasteiger partial charge on any atom is -0.262 e. The van der Waals surface area contributed by atoms with Crippen LogP contribution in [0.5, 0.6) is 0 Å². The van der Waals surface area contributed by atoms with Crippen molar-refractivity contribution in [3.63, 3.8) is 0 Å². The molecule has 0 heterocycles. The summed E-state index contributed by atoms with van der Waals surface area (Å²) in [5.41, 5.74) is 0.789. The van der Waals surface area contributed by atoms with Gasteiger partial charge in [0.2, 0.25) is 0 Å². The van der Waals surface area contributed by atoms with Crippen LogP contribution in [0.2, 0.25) is 0 Å². The second kappa shape index (κ2) is 3.40. The van der Waals surface area contributed by atoms with E-state index < -0.39 is 20.8 Å². The highest BCUT2D eigenvalue weighted by molar-refractivity contribution is 7.81. The van der Waals surface area contributed by atoms with Crippen molar-refractivity contribution in [3.05, 3.63) is 0 Å². The summed E-state index contributed by atoms with van der Waals surface area (Å²) in [6.45, 7) is 0. The zero-order valence-corrected chi connectivity index (χ0v) is 6.29. The van der Waals surface area contributed by atoms with Gasteiger partial charge in [0.25, 0.3) is 0 Å². The van der Waals surface area contributed by atoms with E-state index in [0.717, 1.165) is 5.64 Å². The van der Waals surface area contributed by atoms with Crippen LogP contribution in [0.1, 0.15) is 0 Å². The quantitative estimate of drug-likeness (QED) is 0.355. The highest BCUT2D eigenvalue weighted by atomic mass is 32.3. The third-order valence-corrected chi connectivity index (χ3v) is 0.836. The number of rotatable bonds is 4. The summed E-state index contributed by atoms with van der Waals surface area (Å²) in [6, 6.07) is 0. The molecule has 0 aliphatic rings. The van der Waals surface area contributed by atoms with Crippen LogP contribution in [-0.2, 0) is 29.4 Å². The molecule has 0 unspecified atom stereocenters. The second-order valence-electron chi connectivity index (χ2n) is 1.11. The highest BCUT2D eigenvalue weighted by Crippen LogP contribution is 1.84. The molecule has 0 spiro atoms. The molecular weight excluding hydrogens is 206 g/mol. The maximum atomic E-state index is 9.63. The summed E-state index contributed by atoms with van der Waals surface area (Å²) >= 11 is 0. The third kappa shape index (κ3) is 9.70. The Labute approximate surface area is 61.7 Å². The van der Waals surface area contributed by atoms with Gasteiger partial charge in [0.05, 0.1) is 0 Å². The molecule has 9 nitrogen and oxygen atoms in total. The second-order valence-corrected chi connectivity index (χ2v) is 3.15. The van der Waals surface area contributed by atoms with Crippen molar-refractivity contribution >= 4 is 20.8 Å². The van der Waals surface area contributed by atoms with Crippen LogP contribution < -0.4 is 5.64 Å². The van der Waals surface area contributed by atoms with Gasteiger partial charge in [-0.25, -0.2) is 0 Å². The first kappa shape index (κ1) is 10.7. The number of hydrogen-bond acceptors (Lipinski definition) is 7. The largest absolute Gasteiger partial charge is 0.415 e. The normalized spacial score (nSPS) is 13.3. The lowest BCUT2D eigenvalue weighted by molar-refractivity contribution is -0.0242. The minimum atomic E-state index is -4.86. The molecule has 3 N–H and O–H groups in total. The Morgan fingerprint density at radius 3 is 1.36 bits per heavy atom. The zero-order chi connectivity index (χ0) is 9.12. The van der Waals surface area contributed by atoms with Gasteiger partial charge >= 0.3 is 20.8 Å². The lowest BCUT2D eigenvalue weighted by Gasteiger charge is -1.97. The fourth-order valence-corrected chi connectivity index (χ4v) is 0.383. The van der Waals surface area contributed by atoms with Crippen LogP contribution in [0.3, 0.4) is 0 Å². The number of hydrogen-bond donors (Lipinski definition) is 3. The Bertz CT molecular complexity index is 261. The van der Waals surface area contributed by atoms with E-state index in [-0.39, 0.29) is 0 Å².